The maximum absolute atomic E-state index is 12.8. The van der Waals surface area contributed by atoms with Gasteiger partial charge in [-0.1, -0.05) is 12.1 Å². The number of hydrogen-bond donors (Lipinski definition) is 0. The third-order valence-corrected chi connectivity index (χ3v) is 5.35. The SMILES string of the molecule is COc1ccc(C(=O)c2cccc(C)c2I)c(OC)c1Br. The molecule has 0 atom stereocenters. The minimum absolute atomic E-state index is 0.0664. The molecule has 0 aliphatic rings. The zero-order valence-electron chi connectivity index (χ0n) is 11.9. The van der Waals surface area contributed by atoms with E-state index < -0.39 is 0 Å². The number of benzene rings is 2. The van der Waals surface area contributed by atoms with E-state index in [9.17, 15) is 4.79 Å². The standard InChI is InChI=1S/C16H14BrIO3/c1-9-5-4-6-10(14(9)18)15(19)11-7-8-12(20-2)13(17)16(11)21-3/h4-8H,1-3H3. The van der Waals surface area contributed by atoms with Crippen LogP contribution in [0.25, 0.3) is 0 Å². The van der Waals surface area contributed by atoms with Crippen molar-refractivity contribution in [1.82, 2.24) is 0 Å². The highest BCUT2D eigenvalue weighted by atomic mass is 127. The van der Waals surface area contributed by atoms with E-state index in [0.29, 0.717) is 27.1 Å². The van der Waals surface area contributed by atoms with Gasteiger partial charge in [-0.2, -0.15) is 0 Å². The largest absolute Gasteiger partial charge is 0.495 e. The number of carbonyl (C=O) groups is 1. The van der Waals surface area contributed by atoms with Crippen molar-refractivity contribution < 1.29 is 14.3 Å². The van der Waals surface area contributed by atoms with Crippen molar-refractivity contribution in [3.63, 3.8) is 0 Å². The molecule has 0 fully saturated rings. The van der Waals surface area contributed by atoms with E-state index in [2.05, 4.69) is 38.5 Å². The maximum atomic E-state index is 12.8. The maximum Gasteiger partial charge on any atom is 0.197 e. The molecule has 0 unspecified atom stereocenters. The second-order valence-electron chi connectivity index (χ2n) is 4.43. The fourth-order valence-electron chi connectivity index (χ4n) is 2.04. The molecule has 21 heavy (non-hydrogen) atoms. The van der Waals surface area contributed by atoms with Gasteiger partial charge in [-0.3, -0.25) is 4.79 Å². The predicted octanol–water partition coefficient (Wildman–Crippen LogP) is 4.61. The first-order valence-electron chi connectivity index (χ1n) is 6.21. The molecule has 5 heteroatoms. The van der Waals surface area contributed by atoms with E-state index in [1.54, 1.807) is 19.2 Å². The van der Waals surface area contributed by atoms with Gasteiger partial charge in [0.1, 0.15) is 16.0 Å². The molecule has 110 valence electrons. The molecule has 0 saturated heterocycles. The first-order valence-corrected chi connectivity index (χ1v) is 8.08. The van der Waals surface area contributed by atoms with Crippen LogP contribution in [0, 0.1) is 10.5 Å². The van der Waals surface area contributed by atoms with Crippen LogP contribution in [0.5, 0.6) is 11.5 Å². The molecule has 3 nitrogen and oxygen atoms in total. The smallest absolute Gasteiger partial charge is 0.197 e. The van der Waals surface area contributed by atoms with Crippen molar-refractivity contribution in [2.24, 2.45) is 0 Å². The Labute approximate surface area is 145 Å². The van der Waals surface area contributed by atoms with Crippen molar-refractivity contribution in [1.29, 1.82) is 0 Å². The first kappa shape index (κ1) is 16.3. The van der Waals surface area contributed by atoms with Crippen LogP contribution < -0.4 is 9.47 Å². The van der Waals surface area contributed by atoms with Crippen LogP contribution in [0.3, 0.4) is 0 Å². The number of ketones is 1. The van der Waals surface area contributed by atoms with E-state index in [0.717, 1.165) is 9.13 Å². The Bertz CT molecular complexity index is 698. The summed E-state index contributed by atoms with van der Waals surface area (Å²) >= 11 is 5.62. The molecule has 0 aliphatic carbocycles. The number of rotatable bonds is 4. The first-order chi connectivity index (χ1) is 10.0. The van der Waals surface area contributed by atoms with Gasteiger partial charge < -0.3 is 9.47 Å². The summed E-state index contributed by atoms with van der Waals surface area (Å²) < 4.78 is 12.2. The zero-order valence-corrected chi connectivity index (χ0v) is 15.6. The molecule has 2 rings (SSSR count). The van der Waals surface area contributed by atoms with Crippen LogP contribution in [0.1, 0.15) is 21.5 Å². The van der Waals surface area contributed by atoms with Gasteiger partial charge in [-0.15, -0.1) is 0 Å². The quantitative estimate of drug-likeness (QED) is 0.493. The minimum Gasteiger partial charge on any atom is -0.495 e. The molecule has 0 bridgehead atoms. The second kappa shape index (κ2) is 6.79. The predicted molar refractivity (Wildman–Crippen MR) is 94.6 cm³/mol. The fourth-order valence-corrected chi connectivity index (χ4v) is 3.32. The summed E-state index contributed by atoms with van der Waals surface area (Å²) in [7, 11) is 3.11. The lowest BCUT2D eigenvalue weighted by molar-refractivity contribution is 0.103. The van der Waals surface area contributed by atoms with E-state index in [-0.39, 0.29) is 5.78 Å². The summed E-state index contributed by atoms with van der Waals surface area (Å²) in [5.74, 6) is 1.04. The highest BCUT2D eigenvalue weighted by Crippen LogP contribution is 2.38. The summed E-state index contributed by atoms with van der Waals surface area (Å²) in [5.41, 5.74) is 2.26. The topological polar surface area (TPSA) is 35.5 Å². The van der Waals surface area contributed by atoms with Gasteiger partial charge in [-0.25, -0.2) is 0 Å². The Hall–Kier alpha value is -1.08. The van der Waals surface area contributed by atoms with Gasteiger partial charge in [0.05, 0.1) is 19.8 Å². The van der Waals surface area contributed by atoms with Crippen molar-refractivity contribution in [2.45, 2.75) is 6.92 Å². The van der Waals surface area contributed by atoms with Crippen molar-refractivity contribution in [3.05, 3.63) is 55.1 Å². The summed E-state index contributed by atoms with van der Waals surface area (Å²) in [5, 5.41) is 0. The van der Waals surface area contributed by atoms with Gasteiger partial charge in [-0.05, 0) is 69.2 Å². The number of carbonyl (C=O) groups excluding carboxylic acids is 1. The number of methoxy groups -OCH3 is 2. The number of hydrogen-bond acceptors (Lipinski definition) is 3. The number of ether oxygens (including phenoxy) is 2. The van der Waals surface area contributed by atoms with E-state index in [4.69, 9.17) is 9.47 Å². The normalized spacial score (nSPS) is 10.3. The fraction of sp³-hybridized carbons (Fsp3) is 0.188. The summed E-state index contributed by atoms with van der Waals surface area (Å²) in [4.78, 5) is 12.8. The van der Waals surface area contributed by atoms with Crippen molar-refractivity contribution in [3.8, 4) is 11.5 Å². The van der Waals surface area contributed by atoms with Gasteiger partial charge in [0, 0.05) is 9.13 Å². The van der Waals surface area contributed by atoms with Crippen LogP contribution in [0.2, 0.25) is 0 Å². The average molecular weight is 461 g/mol. The van der Waals surface area contributed by atoms with Crippen LogP contribution in [-0.4, -0.2) is 20.0 Å². The molecular weight excluding hydrogens is 447 g/mol. The van der Waals surface area contributed by atoms with Crippen LogP contribution in [0.15, 0.2) is 34.8 Å². The lowest BCUT2D eigenvalue weighted by Gasteiger charge is -2.13. The Morgan fingerprint density at radius 2 is 1.81 bits per heavy atom. The van der Waals surface area contributed by atoms with Gasteiger partial charge in [0.2, 0.25) is 0 Å². The van der Waals surface area contributed by atoms with E-state index in [1.165, 1.54) is 7.11 Å². The lowest BCUT2D eigenvalue weighted by Crippen LogP contribution is -2.07. The molecule has 2 aromatic rings. The Kier molecular flexibility index (Phi) is 5.27. The summed E-state index contributed by atoms with van der Waals surface area (Å²) in [6.45, 7) is 1.99. The summed E-state index contributed by atoms with van der Waals surface area (Å²) in [6, 6.07) is 9.18. The molecular formula is C16H14BrIO3. The van der Waals surface area contributed by atoms with E-state index >= 15 is 0 Å². The Balaban J connectivity index is 2.59. The van der Waals surface area contributed by atoms with Gasteiger partial charge in [0.15, 0.2) is 5.78 Å². The number of aryl methyl sites for hydroxylation is 1. The molecule has 0 amide bonds. The van der Waals surface area contributed by atoms with Crippen LogP contribution in [0.4, 0.5) is 0 Å². The molecule has 0 radical (unpaired) electrons. The van der Waals surface area contributed by atoms with Gasteiger partial charge in [0.25, 0.3) is 0 Å². The third kappa shape index (κ3) is 3.08. The third-order valence-electron chi connectivity index (χ3n) is 3.17. The molecule has 0 aliphatic heterocycles. The monoisotopic (exact) mass is 460 g/mol. The highest BCUT2D eigenvalue weighted by Gasteiger charge is 2.21. The van der Waals surface area contributed by atoms with Crippen molar-refractivity contribution >= 4 is 44.3 Å². The van der Waals surface area contributed by atoms with Crippen LogP contribution in [-0.2, 0) is 0 Å². The van der Waals surface area contributed by atoms with Crippen molar-refractivity contribution in [2.75, 3.05) is 14.2 Å². The van der Waals surface area contributed by atoms with Crippen LogP contribution >= 0.6 is 38.5 Å². The molecule has 0 aromatic heterocycles. The molecule has 2 aromatic carbocycles. The average Bonchev–Trinajstić information content (AvgIpc) is 2.49. The Morgan fingerprint density at radius 1 is 1.10 bits per heavy atom. The zero-order chi connectivity index (χ0) is 15.6. The minimum atomic E-state index is -0.0664. The lowest BCUT2D eigenvalue weighted by atomic mass is 10.0. The number of halogens is 2. The highest BCUT2D eigenvalue weighted by molar-refractivity contribution is 14.1. The van der Waals surface area contributed by atoms with Gasteiger partial charge >= 0.3 is 0 Å². The molecule has 0 N–H and O–H groups in total. The molecule has 0 saturated carbocycles. The van der Waals surface area contributed by atoms with E-state index in [1.807, 2.05) is 25.1 Å². The molecule has 0 spiro atoms. The second-order valence-corrected chi connectivity index (χ2v) is 6.30. The summed E-state index contributed by atoms with van der Waals surface area (Å²) in [6.07, 6.45) is 0. The Morgan fingerprint density at radius 3 is 2.43 bits per heavy atom. The molecule has 0 heterocycles.